The van der Waals surface area contributed by atoms with Crippen LogP contribution in [-0.4, -0.2) is 19.3 Å². The first kappa shape index (κ1) is 12.2. The van der Waals surface area contributed by atoms with Gasteiger partial charge in [-0.3, -0.25) is 11.3 Å². The van der Waals surface area contributed by atoms with Crippen molar-refractivity contribution >= 4 is 0 Å². The van der Waals surface area contributed by atoms with Crippen LogP contribution in [0.3, 0.4) is 0 Å². The lowest BCUT2D eigenvalue weighted by Gasteiger charge is -2.15. The molecule has 3 heteroatoms. The van der Waals surface area contributed by atoms with Crippen LogP contribution >= 0.6 is 0 Å². The van der Waals surface area contributed by atoms with E-state index in [1.165, 1.54) is 11.1 Å². The summed E-state index contributed by atoms with van der Waals surface area (Å²) in [5, 5.41) is 0. The second-order valence-corrected chi connectivity index (χ2v) is 3.72. The molecule has 0 aliphatic carbocycles. The molecule has 0 aliphatic rings. The molecule has 0 saturated heterocycles. The minimum atomic E-state index is 0.187. The molecule has 3 nitrogen and oxygen atoms in total. The Kier molecular flexibility index (Phi) is 5.32. The Labute approximate surface area is 91.6 Å². The second-order valence-electron chi connectivity index (χ2n) is 3.72. The van der Waals surface area contributed by atoms with Crippen LogP contribution in [0.4, 0.5) is 0 Å². The number of hydrazine groups is 1. The van der Waals surface area contributed by atoms with E-state index >= 15 is 0 Å². The van der Waals surface area contributed by atoms with Gasteiger partial charge in [-0.2, -0.15) is 0 Å². The fourth-order valence-corrected chi connectivity index (χ4v) is 1.55. The number of ether oxygens (including phenoxy) is 1. The number of hydrogen-bond acceptors (Lipinski definition) is 3. The van der Waals surface area contributed by atoms with Gasteiger partial charge in [-0.25, -0.2) is 0 Å². The van der Waals surface area contributed by atoms with Crippen molar-refractivity contribution < 1.29 is 4.74 Å². The Bertz CT molecular complexity index is 289. The van der Waals surface area contributed by atoms with Crippen LogP contribution in [0.25, 0.3) is 0 Å². The van der Waals surface area contributed by atoms with Crippen molar-refractivity contribution in [3.8, 4) is 0 Å². The maximum absolute atomic E-state index is 5.47. The van der Waals surface area contributed by atoms with Gasteiger partial charge in [0.1, 0.15) is 0 Å². The van der Waals surface area contributed by atoms with E-state index in [9.17, 15) is 0 Å². The van der Waals surface area contributed by atoms with Gasteiger partial charge in [-0.05, 0) is 25.8 Å². The van der Waals surface area contributed by atoms with E-state index < -0.39 is 0 Å². The summed E-state index contributed by atoms with van der Waals surface area (Å²) >= 11 is 0. The number of hydrogen-bond donors (Lipinski definition) is 2. The van der Waals surface area contributed by atoms with E-state index in [-0.39, 0.29) is 6.04 Å². The van der Waals surface area contributed by atoms with Gasteiger partial charge in [-0.15, -0.1) is 0 Å². The Morgan fingerprint density at radius 3 is 2.87 bits per heavy atom. The smallest absolute Gasteiger partial charge is 0.0636 e. The monoisotopic (exact) mass is 208 g/mol. The Morgan fingerprint density at radius 1 is 1.47 bits per heavy atom. The third kappa shape index (κ3) is 4.42. The van der Waals surface area contributed by atoms with Crippen LogP contribution in [0.1, 0.15) is 18.1 Å². The molecule has 0 saturated carbocycles. The molecule has 0 bridgehead atoms. The third-order valence-electron chi connectivity index (χ3n) is 2.32. The van der Waals surface area contributed by atoms with E-state index in [0.717, 1.165) is 13.0 Å². The number of benzene rings is 1. The molecule has 3 N–H and O–H groups in total. The molecule has 1 aromatic rings. The number of rotatable bonds is 6. The molecule has 1 unspecified atom stereocenters. The zero-order valence-corrected chi connectivity index (χ0v) is 9.49. The lowest BCUT2D eigenvalue weighted by atomic mass is 10.0. The van der Waals surface area contributed by atoms with Crippen LogP contribution in [0.2, 0.25) is 0 Å². The fourth-order valence-electron chi connectivity index (χ4n) is 1.55. The van der Waals surface area contributed by atoms with Crippen molar-refractivity contribution in [2.75, 3.05) is 13.2 Å². The van der Waals surface area contributed by atoms with Gasteiger partial charge in [0.25, 0.3) is 0 Å². The van der Waals surface area contributed by atoms with Crippen LogP contribution < -0.4 is 11.3 Å². The lowest BCUT2D eigenvalue weighted by molar-refractivity contribution is 0.123. The molecule has 0 amide bonds. The van der Waals surface area contributed by atoms with Gasteiger partial charge in [0.15, 0.2) is 0 Å². The largest absolute Gasteiger partial charge is 0.380 e. The standard InChI is InChI=1S/C12H20N2O/c1-3-15-9-12(14-13)8-11-6-4-5-10(2)7-11/h4-7,12,14H,3,8-9,13H2,1-2H3. The maximum atomic E-state index is 5.47. The third-order valence-corrected chi connectivity index (χ3v) is 2.32. The van der Waals surface area contributed by atoms with E-state index in [2.05, 4.69) is 36.6 Å². The summed E-state index contributed by atoms with van der Waals surface area (Å²) in [4.78, 5) is 0. The van der Waals surface area contributed by atoms with Crippen molar-refractivity contribution in [3.05, 3.63) is 35.4 Å². The molecule has 0 aliphatic heterocycles. The highest BCUT2D eigenvalue weighted by Gasteiger charge is 2.07. The highest BCUT2D eigenvalue weighted by molar-refractivity contribution is 5.22. The van der Waals surface area contributed by atoms with E-state index in [0.29, 0.717) is 6.61 Å². The van der Waals surface area contributed by atoms with Crippen LogP contribution in [0, 0.1) is 6.92 Å². The molecule has 0 fully saturated rings. The zero-order chi connectivity index (χ0) is 11.1. The minimum Gasteiger partial charge on any atom is -0.380 e. The van der Waals surface area contributed by atoms with Gasteiger partial charge in [-0.1, -0.05) is 29.8 Å². The quantitative estimate of drug-likeness (QED) is 0.549. The Hall–Kier alpha value is -0.900. The number of nitrogens with two attached hydrogens (primary N) is 1. The highest BCUT2D eigenvalue weighted by Crippen LogP contribution is 2.06. The van der Waals surface area contributed by atoms with Crippen molar-refractivity contribution in [1.29, 1.82) is 0 Å². The van der Waals surface area contributed by atoms with Crippen molar-refractivity contribution in [3.63, 3.8) is 0 Å². The predicted octanol–water partition coefficient (Wildman–Crippen LogP) is 1.41. The van der Waals surface area contributed by atoms with E-state index in [1.807, 2.05) is 6.92 Å². The normalized spacial score (nSPS) is 12.7. The van der Waals surface area contributed by atoms with Gasteiger partial charge >= 0.3 is 0 Å². The Morgan fingerprint density at radius 2 is 2.27 bits per heavy atom. The predicted molar refractivity (Wildman–Crippen MR) is 62.5 cm³/mol. The first-order valence-electron chi connectivity index (χ1n) is 5.35. The Balaban J connectivity index is 2.50. The second kappa shape index (κ2) is 6.56. The molecule has 1 atom stereocenters. The van der Waals surface area contributed by atoms with Gasteiger partial charge in [0.05, 0.1) is 6.61 Å². The summed E-state index contributed by atoms with van der Waals surface area (Å²) in [6.45, 7) is 5.46. The van der Waals surface area contributed by atoms with Gasteiger partial charge < -0.3 is 4.74 Å². The SMILES string of the molecule is CCOCC(Cc1cccc(C)c1)NN. The molecular weight excluding hydrogens is 188 g/mol. The maximum Gasteiger partial charge on any atom is 0.0636 e. The summed E-state index contributed by atoms with van der Waals surface area (Å²) in [6, 6.07) is 8.64. The molecule has 0 heterocycles. The van der Waals surface area contributed by atoms with Crippen LogP contribution in [0.5, 0.6) is 0 Å². The molecule has 0 aromatic heterocycles. The van der Waals surface area contributed by atoms with Crippen LogP contribution in [-0.2, 0) is 11.2 Å². The number of nitrogens with one attached hydrogen (secondary N) is 1. The molecule has 1 rings (SSSR count). The van der Waals surface area contributed by atoms with Gasteiger partial charge in [0.2, 0.25) is 0 Å². The molecular formula is C12H20N2O. The average Bonchev–Trinajstić information content (AvgIpc) is 2.24. The van der Waals surface area contributed by atoms with Crippen molar-refractivity contribution in [1.82, 2.24) is 5.43 Å². The first-order valence-corrected chi connectivity index (χ1v) is 5.35. The topological polar surface area (TPSA) is 47.3 Å². The summed E-state index contributed by atoms with van der Waals surface area (Å²) in [7, 11) is 0. The fraction of sp³-hybridized carbons (Fsp3) is 0.500. The van der Waals surface area contributed by atoms with E-state index in [1.54, 1.807) is 0 Å². The molecule has 15 heavy (non-hydrogen) atoms. The molecule has 1 aromatic carbocycles. The molecule has 0 spiro atoms. The first-order chi connectivity index (χ1) is 7.26. The highest BCUT2D eigenvalue weighted by atomic mass is 16.5. The summed E-state index contributed by atoms with van der Waals surface area (Å²) < 4.78 is 5.35. The van der Waals surface area contributed by atoms with Crippen molar-refractivity contribution in [2.24, 2.45) is 5.84 Å². The summed E-state index contributed by atoms with van der Waals surface area (Å²) in [6.07, 6.45) is 0.901. The zero-order valence-electron chi connectivity index (χ0n) is 9.49. The van der Waals surface area contributed by atoms with E-state index in [4.69, 9.17) is 10.6 Å². The van der Waals surface area contributed by atoms with Crippen molar-refractivity contribution in [2.45, 2.75) is 26.3 Å². The van der Waals surface area contributed by atoms with Gasteiger partial charge in [0, 0.05) is 12.6 Å². The number of aryl methyl sites for hydroxylation is 1. The summed E-state index contributed by atoms with van der Waals surface area (Å²) in [5.74, 6) is 5.47. The minimum absolute atomic E-state index is 0.187. The summed E-state index contributed by atoms with van der Waals surface area (Å²) in [5.41, 5.74) is 5.35. The lowest BCUT2D eigenvalue weighted by Crippen LogP contribution is -2.40. The average molecular weight is 208 g/mol. The molecule has 0 radical (unpaired) electrons. The molecule has 84 valence electrons. The van der Waals surface area contributed by atoms with Crippen LogP contribution in [0.15, 0.2) is 24.3 Å².